The Bertz CT molecular complexity index is 222. The molecule has 1 aromatic rings. The number of rotatable bonds is 3. The van der Waals surface area contributed by atoms with Crippen molar-refractivity contribution in [1.82, 2.24) is 0 Å². The number of hydrogen-bond donors (Lipinski definition) is 2. The van der Waals surface area contributed by atoms with Gasteiger partial charge in [-0.1, -0.05) is 0 Å². The highest BCUT2D eigenvalue weighted by Gasteiger charge is 1.97. The molecule has 0 fully saturated rings. The van der Waals surface area contributed by atoms with Crippen molar-refractivity contribution < 1.29 is 4.57 Å². The van der Waals surface area contributed by atoms with Crippen molar-refractivity contribution in [3.05, 3.63) is 24.5 Å². The number of anilines is 1. The van der Waals surface area contributed by atoms with Crippen LogP contribution >= 0.6 is 0 Å². The highest BCUT2D eigenvalue weighted by atomic mass is 15.0. The van der Waals surface area contributed by atoms with Crippen LogP contribution in [0.2, 0.25) is 0 Å². The van der Waals surface area contributed by atoms with Crippen LogP contribution < -0.4 is 15.6 Å². The van der Waals surface area contributed by atoms with Crippen molar-refractivity contribution in [2.75, 3.05) is 18.9 Å². The summed E-state index contributed by atoms with van der Waals surface area (Å²) in [7, 11) is 1.90. The quantitative estimate of drug-likeness (QED) is 0.597. The number of nitrogens with two attached hydrogens (primary N) is 1. The van der Waals surface area contributed by atoms with E-state index in [1.165, 1.54) is 0 Å². The fourth-order valence-electron chi connectivity index (χ4n) is 0.958. The Morgan fingerprint density at radius 1 is 1.64 bits per heavy atom. The molecule has 0 radical (unpaired) electrons. The van der Waals surface area contributed by atoms with E-state index in [1.807, 2.05) is 31.6 Å². The van der Waals surface area contributed by atoms with Crippen LogP contribution in [0.1, 0.15) is 0 Å². The predicted octanol–water partition coefficient (Wildman–Crippen LogP) is -0.0255. The van der Waals surface area contributed by atoms with Crippen molar-refractivity contribution >= 4 is 5.69 Å². The second kappa shape index (κ2) is 3.93. The standard InChI is InChI=1S/C8H14N3/c1-10-8-3-2-5-11(7-8)6-4-9/h2-3,5,7,10H,4,6,9H2,1H3/q+1. The normalized spacial score (nSPS) is 9.64. The molecular formula is C8H14N3+. The minimum Gasteiger partial charge on any atom is -0.383 e. The summed E-state index contributed by atoms with van der Waals surface area (Å²) in [5, 5.41) is 3.06. The van der Waals surface area contributed by atoms with Gasteiger partial charge in [0.1, 0.15) is 0 Å². The topological polar surface area (TPSA) is 41.9 Å². The van der Waals surface area contributed by atoms with Gasteiger partial charge in [-0.2, -0.15) is 0 Å². The van der Waals surface area contributed by atoms with E-state index >= 15 is 0 Å². The zero-order valence-corrected chi connectivity index (χ0v) is 6.75. The molecule has 3 N–H and O–H groups in total. The summed E-state index contributed by atoms with van der Waals surface area (Å²) < 4.78 is 2.06. The van der Waals surface area contributed by atoms with Crippen molar-refractivity contribution in [2.45, 2.75) is 6.54 Å². The van der Waals surface area contributed by atoms with Crippen LogP contribution in [-0.4, -0.2) is 13.6 Å². The Hall–Kier alpha value is -1.09. The lowest BCUT2D eigenvalue weighted by Gasteiger charge is -1.97. The van der Waals surface area contributed by atoms with Crippen molar-refractivity contribution in [3.63, 3.8) is 0 Å². The van der Waals surface area contributed by atoms with Crippen LogP contribution in [0.4, 0.5) is 5.69 Å². The van der Waals surface area contributed by atoms with Crippen LogP contribution in [0.15, 0.2) is 24.5 Å². The monoisotopic (exact) mass is 152 g/mol. The smallest absolute Gasteiger partial charge is 0.192 e. The van der Waals surface area contributed by atoms with Gasteiger partial charge in [-0.3, -0.25) is 0 Å². The van der Waals surface area contributed by atoms with Crippen LogP contribution in [0, 0.1) is 0 Å². The van der Waals surface area contributed by atoms with E-state index in [9.17, 15) is 0 Å². The minimum absolute atomic E-state index is 0.678. The Morgan fingerprint density at radius 2 is 2.45 bits per heavy atom. The molecule has 0 aromatic carbocycles. The molecule has 0 saturated carbocycles. The third-order valence-electron chi connectivity index (χ3n) is 1.53. The first-order valence-corrected chi connectivity index (χ1v) is 3.73. The van der Waals surface area contributed by atoms with E-state index in [4.69, 9.17) is 5.73 Å². The SMILES string of the molecule is CNc1ccc[n+](CCN)c1. The molecule has 0 bridgehead atoms. The Labute approximate surface area is 66.8 Å². The number of aromatic nitrogens is 1. The van der Waals surface area contributed by atoms with Gasteiger partial charge in [0.25, 0.3) is 0 Å². The molecule has 0 aliphatic heterocycles. The summed E-state index contributed by atoms with van der Waals surface area (Å²) >= 11 is 0. The first-order valence-electron chi connectivity index (χ1n) is 3.73. The molecule has 0 aliphatic carbocycles. The van der Waals surface area contributed by atoms with Gasteiger partial charge in [0.2, 0.25) is 0 Å². The fourth-order valence-corrected chi connectivity index (χ4v) is 0.958. The van der Waals surface area contributed by atoms with Crippen molar-refractivity contribution in [1.29, 1.82) is 0 Å². The van der Waals surface area contributed by atoms with Gasteiger partial charge < -0.3 is 11.1 Å². The van der Waals surface area contributed by atoms with E-state index in [-0.39, 0.29) is 0 Å². The van der Waals surface area contributed by atoms with E-state index in [2.05, 4.69) is 9.88 Å². The lowest BCUT2D eigenvalue weighted by atomic mass is 10.4. The number of nitrogens with one attached hydrogen (secondary N) is 1. The third-order valence-corrected chi connectivity index (χ3v) is 1.53. The molecular weight excluding hydrogens is 138 g/mol. The summed E-state index contributed by atoms with van der Waals surface area (Å²) in [6.07, 6.45) is 4.04. The summed E-state index contributed by atoms with van der Waals surface area (Å²) in [4.78, 5) is 0. The maximum atomic E-state index is 5.41. The lowest BCUT2D eigenvalue weighted by molar-refractivity contribution is -0.693. The first-order chi connectivity index (χ1) is 5.36. The molecule has 1 aromatic heterocycles. The van der Waals surface area contributed by atoms with E-state index in [1.54, 1.807) is 0 Å². The molecule has 0 spiro atoms. The molecule has 0 atom stereocenters. The molecule has 11 heavy (non-hydrogen) atoms. The van der Waals surface area contributed by atoms with Crippen molar-refractivity contribution in [3.8, 4) is 0 Å². The summed E-state index contributed by atoms with van der Waals surface area (Å²) in [5.41, 5.74) is 6.52. The zero-order chi connectivity index (χ0) is 8.10. The molecule has 1 rings (SSSR count). The minimum atomic E-state index is 0.678. The molecule has 1 heterocycles. The Morgan fingerprint density at radius 3 is 3.09 bits per heavy atom. The first kappa shape index (κ1) is 8.01. The second-order valence-electron chi connectivity index (χ2n) is 2.37. The predicted molar refractivity (Wildman–Crippen MR) is 45.2 cm³/mol. The largest absolute Gasteiger partial charge is 0.383 e. The molecule has 60 valence electrons. The lowest BCUT2D eigenvalue weighted by Crippen LogP contribution is -2.36. The number of nitrogens with zero attached hydrogens (tertiary/aromatic N) is 1. The van der Waals surface area contributed by atoms with Gasteiger partial charge >= 0.3 is 0 Å². The summed E-state index contributed by atoms with van der Waals surface area (Å²) in [6.45, 7) is 1.55. The van der Waals surface area contributed by atoms with Gasteiger partial charge in [0.15, 0.2) is 18.9 Å². The van der Waals surface area contributed by atoms with Gasteiger partial charge in [-0.05, 0) is 6.07 Å². The van der Waals surface area contributed by atoms with E-state index < -0.39 is 0 Å². The Balaban J connectivity index is 2.74. The highest BCUT2D eigenvalue weighted by Crippen LogP contribution is 1.98. The van der Waals surface area contributed by atoms with Gasteiger partial charge in [0, 0.05) is 13.1 Å². The van der Waals surface area contributed by atoms with E-state index in [0.717, 1.165) is 12.2 Å². The van der Waals surface area contributed by atoms with E-state index in [0.29, 0.717) is 6.54 Å². The summed E-state index contributed by atoms with van der Waals surface area (Å²) in [6, 6.07) is 4.02. The second-order valence-corrected chi connectivity index (χ2v) is 2.37. The van der Waals surface area contributed by atoms with Crippen LogP contribution in [0.5, 0.6) is 0 Å². The van der Waals surface area contributed by atoms with Gasteiger partial charge in [-0.15, -0.1) is 0 Å². The Kier molecular flexibility index (Phi) is 2.86. The zero-order valence-electron chi connectivity index (χ0n) is 6.75. The average molecular weight is 152 g/mol. The van der Waals surface area contributed by atoms with Crippen molar-refractivity contribution in [2.24, 2.45) is 5.73 Å². The molecule has 3 nitrogen and oxygen atoms in total. The maximum Gasteiger partial charge on any atom is 0.192 e. The molecule has 0 saturated heterocycles. The molecule has 0 aliphatic rings. The third kappa shape index (κ3) is 2.20. The number of hydrogen-bond acceptors (Lipinski definition) is 2. The fraction of sp³-hybridized carbons (Fsp3) is 0.375. The average Bonchev–Trinajstić information content (AvgIpc) is 2.06. The van der Waals surface area contributed by atoms with Crippen LogP contribution in [-0.2, 0) is 6.54 Å². The van der Waals surface area contributed by atoms with Crippen LogP contribution in [0.25, 0.3) is 0 Å². The van der Waals surface area contributed by atoms with Gasteiger partial charge in [-0.25, -0.2) is 4.57 Å². The molecule has 0 unspecified atom stereocenters. The van der Waals surface area contributed by atoms with Gasteiger partial charge in [0.05, 0.1) is 12.2 Å². The summed E-state index contributed by atoms with van der Waals surface area (Å²) in [5.74, 6) is 0. The maximum absolute atomic E-state index is 5.41. The van der Waals surface area contributed by atoms with Crippen LogP contribution in [0.3, 0.4) is 0 Å². The highest BCUT2D eigenvalue weighted by molar-refractivity contribution is 5.36. The molecule has 0 amide bonds. The number of pyridine rings is 1. The molecule has 3 heteroatoms.